The first-order chi connectivity index (χ1) is 14.7. The van der Waals surface area contributed by atoms with Gasteiger partial charge in [-0.05, 0) is 43.2 Å². The summed E-state index contributed by atoms with van der Waals surface area (Å²) in [5, 5.41) is 2.69. The molecule has 30 heavy (non-hydrogen) atoms. The third-order valence-corrected chi connectivity index (χ3v) is 7.67. The lowest BCUT2D eigenvalue weighted by Crippen LogP contribution is -2.35. The quantitative estimate of drug-likeness (QED) is 0.335. The third-order valence-electron chi connectivity index (χ3n) is 5.45. The van der Waals surface area contributed by atoms with Gasteiger partial charge < -0.3 is 4.90 Å². The molecule has 156 valence electrons. The Balaban J connectivity index is 1.67. The number of thioether (sulfide) groups is 1. The molecule has 2 heterocycles. The minimum Gasteiger partial charge on any atom is -0.335 e. The van der Waals surface area contributed by atoms with Gasteiger partial charge in [0, 0.05) is 30.0 Å². The molecule has 2 nitrogen and oxygen atoms in total. The molecule has 1 aromatic heterocycles. The predicted molar refractivity (Wildman–Crippen MR) is 133 cm³/mol. The molecular weight excluding hydrogens is 404 g/mol. The SMILES string of the molecule is CCCCN1/C(=C\C(C)=C\c2sc3ccccc3[n+]2CCCC)Sc2ccccc21. The van der Waals surface area contributed by atoms with Crippen LogP contribution >= 0.6 is 23.1 Å². The van der Waals surface area contributed by atoms with Crippen LogP contribution in [0, 0.1) is 0 Å². The number of aromatic nitrogens is 1. The van der Waals surface area contributed by atoms with E-state index >= 15 is 0 Å². The Bertz CT molecular complexity index is 1080. The van der Waals surface area contributed by atoms with Crippen LogP contribution in [-0.2, 0) is 6.54 Å². The smallest absolute Gasteiger partial charge is 0.263 e. The van der Waals surface area contributed by atoms with Gasteiger partial charge in [0.25, 0.3) is 5.01 Å². The Morgan fingerprint density at radius 3 is 2.60 bits per heavy atom. The number of hydrogen-bond acceptors (Lipinski definition) is 3. The standard InChI is InChI=1S/C26H31N2S2/c1-4-6-16-27-21-12-8-10-14-23(21)29-25(27)18-20(3)19-26-28(17-7-5-2)22-13-9-11-15-24(22)30-26/h8-15,18-19H,4-7,16-17H2,1-3H3/q+1. The summed E-state index contributed by atoms with van der Waals surface area (Å²) in [5.41, 5.74) is 4.02. The number of aryl methyl sites for hydroxylation is 1. The van der Waals surface area contributed by atoms with E-state index in [0.29, 0.717) is 0 Å². The van der Waals surface area contributed by atoms with Crippen molar-refractivity contribution < 1.29 is 4.57 Å². The maximum absolute atomic E-state index is 2.50. The molecule has 3 aromatic rings. The number of para-hydroxylation sites is 2. The first-order valence-corrected chi connectivity index (χ1v) is 12.7. The van der Waals surface area contributed by atoms with Gasteiger partial charge in [0.2, 0.25) is 5.52 Å². The van der Waals surface area contributed by atoms with Crippen molar-refractivity contribution in [2.75, 3.05) is 11.4 Å². The molecule has 2 aromatic carbocycles. The second-order valence-corrected chi connectivity index (χ2v) is 9.98. The van der Waals surface area contributed by atoms with Crippen LogP contribution in [-0.4, -0.2) is 6.54 Å². The van der Waals surface area contributed by atoms with E-state index in [1.54, 1.807) is 0 Å². The first-order valence-electron chi connectivity index (χ1n) is 11.1. The maximum Gasteiger partial charge on any atom is 0.263 e. The van der Waals surface area contributed by atoms with Crippen LogP contribution in [0.25, 0.3) is 16.3 Å². The highest BCUT2D eigenvalue weighted by Crippen LogP contribution is 2.46. The van der Waals surface area contributed by atoms with Crippen LogP contribution in [0.4, 0.5) is 5.69 Å². The summed E-state index contributed by atoms with van der Waals surface area (Å²) in [5.74, 6) is 0. The van der Waals surface area contributed by atoms with Gasteiger partial charge >= 0.3 is 0 Å². The van der Waals surface area contributed by atoms with Crippen LogP contribution in [0.2, 0.25) is 0 Å². The summed E-state index contributed by atoms with van der Waals surface area (Å²) in [6.07, 6.45) is 9.59. The fourth-order valence-electron chi connectivity index (χ4n) is 3.85. The lowest BCUT2D eigenvalue weighted by molar-refractivity contribution is -0.669. The van der Waals surface area contributed by atoms with Crippen molar-refractivity contribution in [1.29, 1.82) is 0 Å². The topological polar surface area (TPSA) is 7.12 Å². The van der Waals surface area contributed by atoms with Crippen LogP contribution in [0.5, 0.6) is 0 Å². The van der Waals surface area contributed by atoms with Gasteiger partial charge in [-0.2, -0.15) is 4.57 Å². The molecule has 1 aliphatic heterocycles. The van der Waals surface area contributed by atoms with Gasteiger partial charge in [-0.1, -0.05) is 74.1 Å². The Morgan fingerprint density at radius 2 is 1.77 bits per heavy atom. The average Bonchev–Trinajstić information content (AvgIpc) is 3.27. The van der Waals surface area contributed by atoms with Gasteiger partial charge in [0.05, 0.1) is 10.7 Å². The van der Waals surface area contributed by atoms with E-state index in [1.165, 1.54) is 62.1 Å². The maximum atomic E-state index is 2.50. The number of unbranched alkanes of at least 4 members (excludes halogenated alkanes) is 2. The van der Waals surface area contributed by atoms with Crippen molar-refractivity contribution in [3.05, 3.63) is 70.2 Å². The van der Waals surface area contributed by atoms with Gasteiger partial charge in [0.15, 0.2) is 6.54 Å². The molecule has 4 rings (SSSR count). The molecule has 0 radical (unpaired) electrons. The molecule has 0 spiro atoms. The fourth-order valence-corrected chi connectivity index (χ4v) is 6.24. The Morgan fingerprint density at radius 1 is 1.00 bits per heavy atom. The number of fused-ring (bicyclic) bond motifs is 2. The molecule has 0 unspecified atom stereocenters. The van der Waals surface area contributed by atoms with Crippen LogP contribution in [0.1, 0.15) is 51.5 Å². The molecule has 0 fully saturated rings. The number of hydrogen-bond donors (Lipinski definition) is 0. The lowest BCUT2D eigenvalue weighted by Gasteiger charge is -2.20. The van der Waals surface area contributed by atoms with Crippen molar-refractivity contribution in [3.63, 3.8) is 0 Å². The molecule has 0 amide bonds. The van der Waals surface area contributed by atoms with Gasteiger partial charge in [-0.15, -0.1) is 0 Å². The van der Waals surface area contributed by atoms with Crippen LogP contribution in [0.15, 0.2) is 70.1 Å². The predicted octanol–water partition coefficient (Wildman–Crippen LogP) is 7.65. The summed E-state index contributed by atoms with van der Waals surface area (Å²) in [6.45, 7) is 8.93. The molecule has 0 saturated heterocycles. The first kappa shape index (κ1) is 21.2. The zero-order valence-corrected chi connectivity index (χ0v) is 19.9. The molecule has 0 saturated carbocycles. The Kier molecular flexibility index (Phi) is 6.96. The van der Waals surface area contributed by atoms with Crippen molar-refractivity contribution >= 4 is 45.1 Å². The summed E-state index contributed by atoms with van der Waals surface area (Å²) >= 11 is 3.80. The molecule has 0 aliphatic carbocycles. The van der Waals surface area contributed by atoms with E-state index < -0.39 is 0 Å². The highest BCUT2D eigenvalue weighted by molar-refractivity contribution is 8.03. The number of thiazole rings is 1. The van der Waals surface area contributed by atoms with Crippen molar-refractivity contribution in [2.45, 2.75) is 57.9 Å². The summed E-state index contributed by atoms with van der Waals surface area (Å²) in [6, 6.07) is 17.6. The second kappa shape index (κ2) is 9.84. The summed E-state index contributed by atoms with van der Waals surface area (Å²) < 4.78 is 3.87. The number of allylic oxidation sites excluding steroid dienone is 2. The van der Waals surface area contributed by atoms with E-state index in [-0.39, 0.29) is 0 Å². The van der Waals surface area contributed by atoms with Gasteiger partial charge in [-0.25, -0.2) is 0 Å². The number of nitrogens with zero attached hydrogens (tertiary/aromatic N) is 2. The molecule has 0 atom stereocenters. The van der Waals surface area contributed by atoms with Crippen LogP contribution < -0.4 is 9.47 Å². The molecular formula is C26H31N2S2+. The lowest BCUT2D eigenvalue weighted by atomic mass is 10.2. The van der Waals surface area contributed by atoms with Gasteiger partial charge in [-0.3, -0.25) is 0 Å². The number of benzene rings is 2. The summed E-state index contributed by atoms with van der Waals surface area (Å²) in [7, 11) is 0. The average molecular weight is 436 g/mol. The number of rotatable bonds is 8. The van der Waals surface area contributed by atoms with E-state index in [2.05, 4.69) is 90.9 Å². The Hall–Kier alpha value is -2.04. The van der Waals surface area contributed by atoms with Crippen molar-refractivity contribution in [1.82, 2.24) is 0 Å². The highest BCUT2D eigenvalue weighted by Gasteiger charge is 2.24. The van der Waals surface area contributed by atoms with Crippen molar-refractivity contribution in [3.8, 4) is 0 Å². The monoisotopic (exact) mass is 435 g/mol. The molecule has 0 N–H and O–H groups in total. The normalized spacial score (nSPS) is 15.4. The molecule has 1 aliphatic rings. The van der Waals surface area contributed by atoms with E-state index in [9.17, 15) is 0 Å². The second-order valence-electron chi connectivity index (χ2n) is 7.86. The molecule has 4 heteroatoms. The van der Waals surface area contributed by atoms with Crippen LogP contribution in [0.3, 0.4) is 0 Å². The largest absolute Gasteiger partial charge is 0.335 e. The van der Waals surface area contributed by atoms with Gasteiger partial charge in [0.1, 0.15) is 4.70 Å². The number of anilines is 1. The highest BCUT2D eigenvalue weighted by atomic mass is 32.2. The Labute approximate surface area is 188 Å². The fraction of sp³-hybridized carbons (Fsp3) is 0.346. The zero-order chi connectivity index (χ0) is 20.9. The molecule has 0 bridgehead atoms. The van der Waals surface area contributed by atoms with E-state index in [1.807, 2.05) is 23.1 Å². The van der Waals surface area contributed by atoms with Crippen molar-refractivity contribution in [2.24, 2.45) is 0 Å². The third kappa shape index (κ3) is 4.50. The van der Waals surface area contributed by atoms with E-state index in [0.717, 1.165) is 13.1 Å². The van der Waals surface area contributed by atoms with E-state index in [4.69, 9.17) is 0 Å². The summed E-state index contributed by atoms with van der Waals surface area (Å²) in [4.78, 5) is 3.87. The minimum absolute atomic E-state index is 1.08. The minimum atomic E-state index is 1.08. The zero-order valence-electron chi connectivity index (χ0n) is 18.2.